The molecule has 0 fully saturated rings. The average molecular weight is 210 g/mol. The van der Waals surface area contributed by atoms with Crippen molar-refractivity contribution in [3.05, 3.63) is 47.5 Å². The molecule has 0 N–H and O–H groups in total. The number of hydrogen-bond donors (Lipinski definition) is 0. The molecule has 0 spiro atoms. The molecule has 82 valence electrons. The SMILES string of the molecule is CCCC=CCCc1cccc(F)c1F. The molecule has 1 aromatic rings. The van der Waals surface area contributed by atoms with E-state index >= 15 is 0 Å². The van der Waals surface area contributed by atoms with E-state index in [2.05, 4.69) is 13.0 Å². The van der Waals surface area contributed by atoms with Crippen LogP contribution in [0.2, 0.25) is 0 Å². The molecule has 0 atom stereocenters. The van der Waals surface area contributed by atoms with Crippen LogP contribution in [0.15, 0.2) is 30.4 Å². The number of benzene rings is 1. The van der Waals surface area contributed by atoms with E-state index in [0.717, 1.165) is 25.3 Å². The average Bonchev–Trinajstić information content (AvgIpc) is 2.24. The second kappa shape index (κ2) is 6.33. The maximum absolute atomic E-state index is 13.2. The van der Waals surface area contributed by atoms with E-state index in [0.29, 0.717) is 12.0 Å². The lowest BCUT2D eigenvalue weighted by Gasteiger charge is -2.01. The largest absolute Gasteiger partial charge is 0.204 e. The van der Waals surface area contributed by atoms with Gasteiger partial charge in [-0.2, -0.15) is 0 Å². The van der Waals surface area contributed by atoms with Crippen LogP contribution in [0.5, 0.6) is 0 Å². The van der Waals surface area contributed by atoms with E-state index in [1.165, 1.54) is 0 Å². The van der Waals surface area contributed by atoms with Gasteiger partial charge in [0.05, 0.1) is 0 Å². The zero-order valence-electron chi connectivity index (χ0n) is 8.97. The van der Waals surface area contributed by atoms with Crippen molar-refractivity contribution in [2.24, 2.45) is 0 Å². The summed E-state index contributed by atoms with van der Waals surface area (Å²) in [5.74, 6) is -1.47. The Kier molecular flexibility index (Phi) is 5.02. The fraction of sp³-hybridized carbons (Fsp3) is 0.385. The van der Waals surface area contributed by atoms with Crippen molar-refractivity contribution >= 4 is 0 Å². The lowest BCUT2D eigenvalue weighted by Crippen LogP contribution is -1.93. The van der Waals surface area contributed by atoms with Gasteiger partial charge in [-0.1, -0.05) is 37.6 Å². The van der Waals surface area contributed by atoms with Gasteiger partial charge in [-0.3, -0.25) is 0 Å². The summed E-state index contributed by atoms with van der Waals surface area (Å²) < 4.78 is 26.0. The highest BCUT2D eigenvalue weighted by Crippen LogP contribution is 2.13. The molecule has 0 saturated heterocycles. The van der Waals surface area contributed by atoms with Gasteiger partial charge in [0.25, 0.3) is 0 Å². The van der Waals surface area contributed by atoms with Crippen LogP contribution in [0.25, 0.3) is 0 Å². The van der Waals surface area contributed by atoms with Crippen molar-refractivity contribution < 1.29 is 8.78 Å². The highest BCUT2D eigenvalue weighted by molar-refractivity contribution is 5.19. The number of rotatable bonds is 5. The van der Waals surface area contributed by atoms with Crippen molar-refractivity contribution in [2.45, 2.75) is 32.6 Å². The molecule has 0 heterocycles. The van der Waals surface area contributed by atoms with Crippen molar-refractivity contribution in [3.8, 4) is 0 Å². The number of unbranched alkanes of at least 4 members (excludes halogenated alkanes) is 1. The van der Waals surface area contributed by atoms with Gasteiger partial charge < -0.3 is 0 Å². The minimum atomic E-state index is -0.759. The van der Waals surface area contributed by atoms with E-state index < -0.39 is 11.6 Å². The first-order valence-corrected chi connectivity index (χ1v) is 5.33. The molecule has 0 aliphatic carbocycles. The van der Waals surface area contributed by atoms with E-state index in [1.54, 1.807) is 12.1 Å². The van der Waals surface area contributed by atoms with E-state index in [4.69, 9.17) is 0 Å². The summed E-state index contributed by atoms with van der Waals surface area (Å²) in [7, 11) is 0. The van der Waals surface area contributed by atoms with Crippen LogP contribution >= 0.6 is 0 Å². The van der Waals surface area contributed by atoms with E-state index in [9.17, 15) is 8.78 Å². The van der Waals surface area contributed by atoms with Gasteiger partial charge in [0, 0.05) is 0 Å². The Balaban J connectivity index is 2.47. The predicted molar refractivity (Wildman–Crippen MR) is 58.7 cm³/mol. The highest BCUT2D eigenvalue weighted by Gasteiger charge is 2.05. The molecule has 1 rings (SSSR count). The van der Waals surface area contributed by atoms with Crippen LogP contribution in [0, 0.1) is 11.6 Å². The zero-order valence-corrected chi connectivity index (χ0v) is 8.97. The Hall–Kier alpha value is -1.18. The van der Waals surface area contributed by atoms with Crippen molar-refractivity contribution in [1.29, 1.82) is 0 Å². The zero-order chi connectivity index (χ0) is 11.1. The van der Waals surface area contributed by atoms with Crippen LogP contribution in [-0.2, 0) is 6.42 Å². The van der Waals surface area contributed by atoms with Crippen LogP contribution in [0.3, 0.4) is 0 Å². The summed E-state index contributed by atoms with van der Waals surface area (Å²) in [5.41, 5.74) is 0.455. The number of halogens is 2. The van der Waals surface area contributed by atoms with Crippen LogP contribution in [0.1, 0.15) is 31.7 Å². The minimum Gasteiger partial charge on any atom is -0.204 e. The second-order valence-corrected chi connectivity index (χ2v) is 3.51. The second-order valence-electron chi connectivity index (χ2n) is 3.51. The predicted octanol–water partition coefficient (Wildman–Crippen LogP) is 4.25. The lowest BCUT2D eigenvalue weighted by molar-refractivity contribution is 0.499. The monoisotopic (exact) mass is 210 g/mol. The fourth-order valence-electron chi connectivity index (χ4n) is 1.38. The van der Waals surface area contributed by atoms with Crippen molar-refractivity contribution in [2.75, 3.05) is 0 Å². The standard InChI is InChI=1S/C13H16F2/c1-2-3-4-5-6-8-11-9-7-10-12(14)13(11)15/h4-5,7,9-10H,2-3,6,8H2,1H3. The number of allylic oxidation sites excluding steroid dienone is 2. The Bertz CT molecular complexity index is 329. The summed E-state index contributed by atoms with van der Waals surface area (Å²) in [5, 5.41) is 0. The summed E-state index contributed by atoms with van der Waals surface area (Å²) in [6, 6.07) is 4.32. The van der Waals surface area contributed by atoms with E-state index in [-0.39, 0.29) is 0 Å². The summed E-state index contributed by atoms with van der Waals surface area (Å²) in [6.07, 6.45) is 7.59. The molecular formula is C13H16F2. The fourth-order valence-corrected chi connectivity index (χ4v) is 1.38. The van der Waals surface area contributed by atoms with Crippen molar-refractivity contribution in [3.63, 3.8) is 0 Å². The summed E-state index contributed by atoms with van der Waals surface area (Å²) >= 11 is 0. The topological polar surface area (TPSA) is 0 Å². The summed E-state index contributed by atoms with van der Waals surface area (Å²) in [6.45, 7) is 2.11. The molecule has 0 aromatic heterocycles. The van der Waals surface area contributed by atoms with Crippen LogP contribution in [-0.4, -0.2) is 0 Å². The Morgan fingerprint density at radius 2 is 1.87 bits per heavy atom. The van der Waals surface area contributed by atoms with Gasteiger partial charge in [0.2, 0.25) is 0 Å². The van der Waals surface area contributed by atoms with Gasteiger partial charge in [0.15, 0.2) is 11.6 Å². The molecule has 0 radical (unpaired) electrons. The Labute approximate surface area is 89.6 Å². The maximum atomic E-state index is 13.2. The van der Waals surface area contributed by atoms with Gasteiger partial charge in [0.1, 0.15) is 0 Å². The van der Waals surface area contributed by atoms with Crippen LogP contribution in [0.4, 0.5) is 8.78 Å². The summed E-state index contributed by atoms with van der Waals surface area (Å²) in [4.78, 5) is 0. The van der Waals surface area contributed by atoms with Crippen LogP contribution < -0.4 is 0 Å². The quantitative estimate of drug-likeness (QED) is 0.637. The molecule has 0 aliphatic rings. The molecule has 1 aromatic carbocycles. The maximum Gasteiger partial charge on any atom is 0.162 e. The van der Waals surface area contributed by atoms with Gasteiger partial charge >= 0.3 is 0 Å². The molecule has 15 heavy (non-hydrogen) atoms. The van der Waals surface area contributed by atoms with E-state index in [1.807, 2.05) is 6.08 Å². The van der Waals surface area contributed by atoms with Gasteiger partial charge in [-0.05, 0) is 30.9 Å². The van der Waals surface area contributed by atoms with Gasteiger partial charge in [-0.25, -0.2) is 8.78 Å². The molecule has 0 unspecified atom stereocenters. The third-order valence-corrected chi connectivity index (χ3v) is 2.23. The third-order valence-electron chi connectivity index (χ3n) is 2.23. The molecular weight excluding hydrogens is 194 g/mol. The molecule has 0 aliphatic heterocycles. The first-order chi connectivity index (χ1) is 7.25. The highest BCUT2D eigenvalue weighted by atomic mass is 19.2. The number of hydrogen-bond acceptors (Lipinski definition) is 0. The molecule has 0 saturated carbocycles. The first-order valence-electron chi connectivity index (χ1n) is 5.33. The Morgan fingerprint density at radius 1 is 1.13 bits per heavy atom. The van der Waals surface area contributed by atoms with Crippen molar-refractivity contribution in [1.82, 2.24) is 0 Å². The minimum absolute atomic E-state index is 0.455. The Morgan fingerprint density at radius 3 is 2.60 bits per heavy atom. The molecule has 2 heteroatoms. The number of aryl methyl sites for hydroxylation is 1. The molecule has 0 bridgehead atoms. The normalized spacial score (nSPS) is 11.1. The smallest absolute Gasteiger partial charge is 0.162 e. The molecule has 0 nitrogen and oxygen atoms in total. The third kappa shape index (κ3) is 3.82. The lowest BCUT2D eigenvalue weighted by atomic mass is 10.1. The molecule has 0 amide bonds. The first kappa shape index (κ1) is 11.9. The van der Waals surface area contributed by atoms with Gasteiger partial charge in [-0.15, -0.1) is 0 Å².